The predicted octanol–water partition coefficient (Wildman–Crippen LogP) is 3.31. The molecule has 0 amide bonds. The van der Waals surface area contributed by atoms with Gasteiger partial charge in [0.2, 0.25) is 0 Å². The topological polar surface area (TPSA) is 54.4 Å². The number of carboxylic acid groups (broad SMARTS) is 1. The number of ketones is 1. The SMILES string of the molecule is O=C(O)CCCCC(=O)c1ccc(F)cc1Cl. The lowest BCUT2D eigenvalue weighted by Crippen LogP contribution is -2.01. The number of aliphatic carboxylic acids is 1. The summed E-state index contributed by atoms with van der Waals surface area (Å²) in [5.74, 6) is -1.56. The van der Waals surface area contributed by atoms with Crippen molar-refractivity contribution >= 4 is 23.4 Å². The van der Waals surface area contributed by atoms with E-state index in [0.717, 1.165) is 6.07 Å². The average molecular weight is 259 g/mol. The minimum atomic E-state index is -0.878. The van der Waals surface area contributed by atoms with Crippen molar-refractivity contribution < 1.29 is 19.1 Å². The number of unbranched alkanes of at least 4 members (excludes halogenated alkanes) is 1. The van der Waals surface area contributed by atoms with Gasteiger partial charge >= 0.3 is 5.97 Å². The van der Waals surface area contributed by atoms with Crippen molar-refractivity contribution in [2.75, 3.05) is 0 Å². The van der Waals surface area contributed by atoms with Crippen molar-refractivity contribution in [3.63, 3.8) is 0 Å². The first-order valence-electron chi connectivity index (χ1n) is 5.20. The largest absolute Gasteiger partial charge is 0.481 e. The Hall–Kier alpha value is -1.42. The van der Waals surface area contributed by atoms with Crippen LogP contribution in [0.3, 0.4) is 0 Å². The minimum absolute atomic E-state index is 0.0461. The number of carbonyl (C=O) groups excluding carboxylic acids is 1. The number of carbonyl (C=O) groups is 2. The third-order valence-electron chi connectivity index (χ3n) is 2.28. The molecule has 0 saturated carbocycles. The van der Waals surface area contributed by atoms with Crippen LogP contribution in [-0.2, 0) is 4.79 Å². The Labute approximate surface area is 103 Å². The van der Waals surface area contributed by atoms with E-state index >= 15 is 0 Å². The Balaban J connectivity index is 2.50. The number of Topliss-reactive ketones (excluding diaryl/α,β-unsaturated/α-hetero) is 1. The van der Waals surface area contributed by atoms with E-state index in [1.165, 1.54) is 12.1 Å². The highest BCUT2D eigenvalue weighted by Gasteiger charge is 2.11. The molecular formula is C12H12ClFO3. The van der Waals surface area contributed by atoms with Gasteiger partial charge in [-0.1, -0.05) is 11.6 Å². The molecule has 92 valence electrons. The van der Waals surface area contributed by atoms with Crippen LogP contribution in [-0.4, -0.2) is 16.9 Å². The van der Waals surface area contributed by atoms with Crippen LogP contribution in [0.2, 0.25) is 5.02 Å². The zero-order valence-corrected chi connectivity index (χ0v) is 9.84. The van der Waals surface area contributed by atoms with Crippen molar-refractivity contribution in [3.05, 3.63) is 34.6 Å². The van der Waals surface area contributed by atoms with Gasteiger partial charge in [0.15, 0.2) is 5.78 Å². The van der Waals surface area contributed by atoms with Crippen LogP contribution < -0.4 is 0 Å². The Morgan fingerprint density at radius 1 is 1.24 bits per heavy atom. The summed E-state index contributed by atoms with van der Waals surface area (Å²) in [7, 11) is 0. The highest BCUT2D eigenvalue weighted by atomic mass is 35.5. The van der Waals surface area contributed by atoms with Crippen LogP contribution in [0.25, 0.3) is 0 Å². The molecule has 17 heavy (non-hydrogen) atoms. The van der Waals surface area contributed by atoms with Gasteiger partial charge in [-0.15, -0.1) is 0 Å². The fraction of sp³-hybridized carbons (Fsp3) is 0.333. The third kappa shape index (κ3) is 4.53. The second-order valence-electron chi connectivity index (χ2n) is 3.65. The smallest absolute Gasteiger partial charge is 0.303 e. The van der Waals surface area contributed by atoms with E-state index in [9.17, 15) is 14.0 Å². The van der Waals surface area contributed by atoms with Crippen LogP contribution in [0.5, 0.6) is 0 Å². The summed E-state index contributed by atoms with van der Waals surface area (Å²) in [6, 6.07) is 3.61. The third-order valence-corrected chi connectivity index (χ3v) is 2.59. The van der Waals surface area contributed by atoms with E-state index < -0.39 is 11.8 Å². The summed E-state index contributed by atoms with van der Waals surface area (Å²) in [5, 5.41) is 8.51. The van der Waals surface area contributed by atoms with E-state index in [1.807, 2.05) is 0 Å². The summed E-state index contributed by atoms with van der Waals surface area (Å²) in [4.78, 5) is 21.9. The predicted molar refractivity (Wildman–Crippen MR) is 61.8 cm³/mol. The Bertz CT molecular complexity index is 432. The first kappa shape index (κ1) is 13.6. The van der Waals surface area contributed by atoms with Gasteiger partial charge in [-0.2, -0.15) is 0 Å². The van der Waals surface area contributed by atoms with Crippen LogP contribution in [0, 0.1) is 5.82 Å². The lowest BCUT2D eigenvalue weighted by atomic mass is 10.0. The Morgan fingerprint density at radius 3 is 2.47 bits per heavy atom. The normalized spacial score (nSPS) is 10.2. The Morgan fingerprint density at radius 2 is 1.88 bits per heavy atom. The van der Waals surface area contributed by atoms with Crippen LogP contribution >= 0.6 is 11.6 Å². The molecule has 0 aromatic heterocycles. The van der Waals surface area contributed by atoms with Crippen molar-refractivity contribution in [1.29, 1.82) is 0 Å². The van der Waals surface area contributed by atoms with Crippen molar-refractivity contribution in [2.24, 2.45) is 0 Å². The summed E-state index contributed by atoms with van der Waals surface area (Å²) >= 11 is 5.73. The standard InChI is InChI=1S/C12H12ClFO3/c13-10-7-8(14)5-6-9(10)11(15)3-1-2-4-12(16)17/h5-7H,1-4H2,(H,16,17). The molecule has 0 aliphatic heterocycles. The Kier molecular flexibility index (Phi) is 5.10. The van der Waals surface area contributed by atoms with Crippen LogP contribution in [0.4, 0.5) is 4.39 Å². The zero-order chi connectivity index (χ0) is 12.8. The maximum atomic E-state index is 12.7. The molecule has 1 aromatic carbocycles. The van der Waals surface area contributed by atoms with E-state index in [0.29, 0.717) is 12.8 Å². The molecule has 5 heteroatoms. The molecule has 0 spiro atoms. The second kappa shape index (κ2) is 6.35. The quantitative estimate of drug-likeness (QED) is 0.629. The number of hydrogen-bond acceptors (Lipinski definition) is 2. The fourth-order valence-corrected chi connectivity index (χ4v) is 1.68. The molecule has 0 saturated heterocycles. The molecule has 0 unspecified atom stereocenters. The number of carboxylic acids is 1. The maximum Gasteiger partial charge on any atom is 0.303 e. The van der Waals surface area contributed by atoms with Crippen molar-refractivity contribution in [3.8, 4) is 0 Å². The molecule has 0 aliphatic rings. The van der Waals surface area contributed by atoms with E-state index in [4.69, 9.17) is 16.7 Å². The first-order chi connectivity index (χ1) is 8.00. The van der Waals surface area contributed by atoms with Gasteiger partial charge in [0.05, 0.1) is 5.02 Å². The number of benzene rings is 1. The lowest BCUT2D eigenvalue weighted by molar-refractivity contribution is -0.137. The molecule has 0 atom stereocenters. The second-order valence-corrected chi connectivity index (χ2v) is 4.06. The fourth-order valence-electron chi connectivity index (χ4n) is 1.41. The molecule has 0 aliphatic carbocycles. The molecule has 1 aromatic rings. The van der Waals surface area contributed by atoms with E-state index in [2.05, 4.69) is 0 Å². The number of halogens is 2. The molecule has 0 heterocycles. The highest BCUT2D eigenvalue weighted by Crippen LogP contribution is 2.19. The summed E-state index contributed by atoms with van der Waals surface area (Å²) in [6.07, 6.45) is 1.20. The highest BCUT2D eigenvalue weighted by molar-refractivity contribution is 6.33. The zero-order valence-electron chi connectivity index (χ0n) is 9.08. The first-order valence-corrected chi connectivity index (χ1v) is 5.58. The summed E-state index contributed by atoms with van der Waals surface area (Å²) in [6.45, 7) is 0. The maximum absolute atomic E-state index is 12.7. The van der Waals surface area contributed by atoms with Gasteiger partial charge in [-0.3, -0.25) is 9.59 Å². The monoisotopic (exact) mass is 258 g/mol. The number of hydrogen-bond donors (Lipinski definition) is 1. The molecule has 3 nitrogen and oxygen atoms in total. The summed E-state index contributed by atoms with van der Waals surface area (Å²) < 4.78 is 12.7. The van der Waals surface area contributed by atoms with Crippen molar-refractivity contribution in [2.45, 2.75) is 25.7 Å². The van der Waals surface area contributed by atoms with Crippen LogP contribution in [0.1, 0.15) is 36.0 Å². The van der Waals surface area contributed by atoms with E-state index in [-0.39, 0.29) is 29.2 Å². The molecule has 0 bridgehead atoms. The van der Waals surface area contributed by atoms with Gasteiger partial charge in [0, 0.05) is 18.4 Å². The van der Waals surface area contributed by atoms with Crippen LogP contribution in [0.15, 0.2) is 18.2 Å². The minimum Gasteiger partial charge on any atom is -0.481 e. The summed E-state index contributed by atoms with van der Waals surface area (Å²) in [5.41, 5.74) is 0.281. The van der Waals surface area contributed by atoms with Crippen molar-refractivity contribution in [1.82, 2.24) is 0 Å². The number of rotatable bonds is 6. The average Bonchev–Trinajstić information content (AvgIpc) is 2.23. The molecule has 1 N–H and O–H groups in total. The molecule has 0 radical (unpaired) electrons. The molecule has 0 fully saturated rings. The van der Waals surface area contributed by atoms with Gasteiger partial charge in [0.1, 0.15) is 5.82 Å². The van der Waals surface area contributed by atoms with Gasteiger partial charge in [-0.05, 0) is 31.0 Å². The molecular weight excluding hydrogens is 247 g/mol. The lowest BCUT2D eigenvalue weighted by Gasteiger charge is -2.03. The van der Waals surface area contributed by atoms with E-state index in [1.54, 1.807) is 0 Å². The van der Waals surface area contributed by atoms with Gasteiger partial charge in [0.25, 0.3) is 0 Å². The molecule has 1 rings (SSSR count). The van der Waals surface area contributed by atoms with Gasteiger partial charge in [-0.25, -0.2) is 4.39 Å². The van der Waals surface area contributed by atoms with Gasteiger partial charge < -0.3 is 5.11 Å².